The highest BCUT2D eigenvalue weighted by molar-refractivity contribution is 7.97. The van der Waals surface area contributed by atoms with Crippen molar-refractivity contribution in [3.63, 3.8) is 0 Å². The minimum atomic E-state index is -0.248. The highest BCUT2D eigenvalue weighted by Crippen LogP contribution is 2.19. The number of para-hydroxylation sites is 1. The first kappa shape index (κ1) is 23.3. The van der Waals surface area contributed by atoms with Crippen LogP contribution in [0.1, 0.15) is 32.6 Å². The SMILES string of the molecule is O=C(N/N=C/c1ccccc1OCc1ccccc1)c1ccc(CSCc2ccccc2)cc1. The van der Waals surface area contributed by atoms with E-state index in [0.717, 1.165) is 22.6 Å². The summed E-state index contributed by atoms with van der Waals surface area (Å²) in [6.07, 6.45) is 1.60. The number of nitrogens with one attached hydrogen (secondary N) is 1. The Morgan fingerprint density at radius 2 is 1.32 bits per heavy atom. The maximum Gasteiger partial charge on any atom is 0.271 e. The lowest BCUT2D eigenvalue weighted by Crippen LogP contribution is -2.17. The molecule has 170 valence electrons. The van der Waals surface area contributed by atoms with E-state index in [-0.39, 0.29) is 5.91 Å². The van der Waals surface area contributed by atoms with Crippen LogP contribution in [0.5, 0.6) is 5.75 Å². The number of hydrogen-bond donors (Lipinski definition) is 1. The maximum atomic E-state index is 12.5. The van der Waals surface area contributed by atoms with E-state index in [2.05, 4.69) is 34.8 Å². The van der Waals surface area contributed by atoms with Gasteiger partial charge in [-0.05, 0) is 41.0 Å². The zero-order valence-electron chi connectivity index (χ0n) is 18.8. The van der Waals surface area contributed by atoms with Crippen molar-refractivity contribution < 1.29 is 9.53 Å². The molecule has 0 bridgehead atoms. The van der Waals surface area contributed by atoms with Crippen LogP contribution in [0.3, 0.4) is 0 Å². The summed E-state index contributed by atoms with van der Waals surface area (Å²) in [4.78, 5) is 12.5. The molecule has 0 aliphatic rings. The van der Waals surface area contributed by atoms with E-state index in [0.29, 0.717) is 17.9 Å². The van der Waals surface area contributed by atoms with E-state index in [4.69, 9.17) is 4.74 Å². The molecule has 0 aromatic heterocycles. The van der Waals surface area contributed by atoms with Gasteiger partial charge in [-0.25, -0.2) is 5.43 Å². The van der Waals surface area contributed by atoms with Crippen molar-refractivity contribution in [1.29, 1.82) is 0 Å². The monoisotopic (exact) mass is 466 g/mol. The number of thioether (sulfide) groups is 1. The smallest absolute Gasteiger partial charge is 0.271 e. The molecule has 4 nitrogen and oxygen atoms in total. The fourth-order valence-electron chi connectivity index (χ4n) is 3.29. The molecule has 0 saturated carbocycles. The van der Waals surface area contributed by atoms with Gasteiger partial charge in [-0.2, -0.15) is 16.9 Å². The van der Waals surface area contributed by atoms with E-state index in [1.165, 1.54) is 11.1 Å². The van der Waals surface area contributed by atoms with Crippen molar-refractivity contribution in [3.8, 4) is 5.75 Å². The van der Waals surface area contributed by atoms with E-state index < -0.39 is 0 Å². The Morgan fingerprint density at radius 1 is 0.735 bits per heavy atom. The summed E-state index contributed by atoms with van der Waals surface area (Å²) in [5.41, 5.74) is 7.56. The third-order valence-corrected chi connectivity index (χ3v) is 6.20. The van der Waals surface area contributed by atoms with Gasteiger partial charge in [0.1, 0.15) is 12.4 Å². The molecular formula is C29H26N2O2S. The second-order valence-electron chi connectivity index (χ2n) is 7.69. The second kappa shape index (κ2) is 12.4. The van der Waals surface area contributed by atoms with E-state index in [1.54, 1.807) is 6.21 Å². The fourth-order valence-corrected chi connectivity index (χ4v) is 4.25. The Morgan fingerprint density at radius 3 is 2.03 bits per heavy atom. The lowest BCUT2D eigenvalue weighted by molar-refractivity contribution is 0.0955. The third kappa shape index (κ3) is 7.09. The number of benzene rings is 4. The Labute approximate surface area is 204 Å². The van der Waals surface area contributed by atoms with Gasteiger partial charge in [0.2, 0.25) is 0 Å². The molecule has 0 aliphatic carbocycles. The average molecular weight is 467 g/mol. The summed E-state index contributed by atoms with van der Waals surface area (Å²) in [5, 5.41) is 4.13. The molecule has 4 rings (SSSR count). The Balaban J connectivity index is 1.27. The highest BCUT2D eigenvalue weighted by Gasteiger charge is 2.05. The van der Waals surface area contributed by atoms with Crippen LogP contribution in [0.2, 0.25) is 0 Å². The van der Waals surface area contributed by atoms with E-state index in [1.807, 2.05) is 96.7 Å². The summed E-state index contributed by atoms with van der Waals surface area (Å²) in [6.45, 7) is 0.466. The summed E-state index contributed by atoms with van der Waals surface area (Å²) < 4.78 is 5.93. The molecular weight excluding hydrogens is 440 g/mol. The predicted molar refractivity (Wildman–Crippen MR) is 140 cm³/mol. The number of ether oxygens (including phenoxy) is 1. The van der Waals surface area contributed by atoms with Gasteiger partial charge in [0.15, 0.2) is 0 Å². The zero-order valence-corrected chi connectivity index (χ0v) is 19.6. The van der Waals surface area contributed by atoms with E-state index in [9.17, 15) is 4.79 Å². The number of rotatable bonds is 10. The Hall–Kier alpha value is -3.83. The van der Waals surface area contributed by atoms with Crippen molar-refractivity contribution in [2.45, 2.75) is 18.1 Å². The molecule has 0 fully saturated rings. The van der Waals surface area contributed by atoms with Crippen molar-refractivity contribution in [1.82, 2.24) is 5.43 Å². The molecule has 0 unspecified atom stereocenters. The molecule has 0 radical (unpaired) electrons. The number of amides is 1. The Bertz CT molecular complexity index is 1210. The summed E-state index contributed by atoms with van der Waals surface area (Å²) in [6, 6.07) is 35.7. The first-order chi connectivity index (χ1) is 16.8. The lowest BCUT2D eigenvalue weighted by atomic mass is 10.1. The molecule has 0 heterocycles. The van der Waals surface area contributed by atoms with Gasteiger partial charge in [0.05, 0.1) is 6.21 Å². The number of hydrazone groups is 1. The number of hydrogen-bond acceptors (Lipinski definition) is 4. The van der Waals surface area contributed by atoms with Crippen molar-refractivity contribution in [2.24, 2.45) is 5.10 Å². The molecule has 0 atom stereocenters. The van der Waals surface area contributed by atoms with Gasteiger partial charge in [0.25, 0.3) is 5.91 Å². The largest absolute Gasteiger partial charge is 0.488 e. The first-order valence-electron chi connectivity index (χ1n) is 11.1. The van der Waals surface area contributed by atoms with Crippen molar-refractivity contribution >= 4 is 23.9 Å². The van der Waals surface area contributed by atoms with Gasteiger partial charge in [-0.15, -0.1) is 0 Å². The predicted octanol–water partition coefficient (Wildman–Crippen LogP) is 6.46. The molecule has 0 aliphatic heterocycles. The van der Waals surface area contributed by atoms with Gasteiger partial charge < -0.3 is 4.74 Å². The minimum Gasteiger partial charge on any atom is -0.488 e. The number of nitrogens with zero attached hydrogens (tertiary/aromatic N) is 1. The van der Waals surface area contributed by atoms with Gasteiger partial charge in [-0.3, -0.25) is 4.79 Å². The first-order valence-corrected chi connectivity index (χ1v) is 12.2. The van der Waals surface area contributed by atoms with Crippen LogP contribution in [0.4, 0.5) is 0 Å². The zero-order chi connectivity index (χ0) is 23.4. The third-order valence-electron chi connectivity index (χ3n) is 5.12. The Kier molecular flexibility index (Phi) is 8.52. The molecule has 4 aromatic rings. The van der Waals surface area contributed by atoms with Crippen LogP contribution in [0.15, 0.2) is 114 Å². The van der Waals surface area contributed by atoms with Crippen molar-refractivity contribution in [3.05, 3.63) is 137 Å². The lowest BCUT2D eigenvalue weighted by Gasteiger charge is -2.09. The van der Waals surface area contributed by atoms with Gasteiger partial charge in [0, 0.05) is 22.6 Å². The van der Waals surface area contributed by atoms with Gasteiger partial charge in [-0.1, -0.05) is 84.9 Å². The standard InChI is InChI=1S/C29H26N2O2S/c32-29(26-17-15-25(16-18-26)22-34-21-24-11-5-2-6-12-24)31-30-19-27-13-7-8-14-28(27)33-20-23-9-3-1-4-10-23/h1-19H,20-22H2,(H,31,32)/b30-19+. The second-order valence-corrected chi connectivity index (χ2v) is 8.67. The molecule has 0 saturated heterocycles. The van der Waals surface area contributed by atoms with Crippen LogP contribution >= 0.6 is 11.8 Å². The van der Waals surface area contributed by atoms with Crippen LogP contribution < -0.4 is 10.2 Å². The number of carbonyl (C=O) groups excluding carboxylic acids is 1. The molecule has 4 aromatic carbocycles. The topological polar surface area (TPSA) is 50.7 Å². The minimum absolute atomic E-state index is 0.248. The average Bonchev–Trinajstić information content (AvgIpc) is 2.90. The molecule has 1 N–H and O–H groups in total. The van der Waals surface area contributed by atoms with Crippen LogP contribution in [0, 0.1) is 0 Å². The van der Waals surface area contributed by atoms with Crippen LogP contribution in [-0.2, 0) is 18.1 Å². The van der Waals surface area contributed by atoms with Crippen LogP contribution in [0.25, 0.3) is 0 Å². The molecule has 1 amide bonds. The fraction of sp³-hybridized carbons (Fsp3) is 0.103. The summed E-state index contributed by atoms with van der Waals surface area (Å²) in [7, 11) is 0. The highest BCUT2D eigenvalue weighted by atomic mass is 32.2. The normalized spacial score (nSPS) is 10.8. The maximum absolute atomic E-state index is 12.5. The van der Waals surface area contributed by atoms with Crippen LogP contribution in [-0.4, -0.2) is 12.1 Å². The van der Waals surface area contributed by atoms with E-state index >= 15 is 0 Å². The quantitative estimate of drug-likeness (QED) is 0.215. The summed E-state index contributed by atoms with van der Waals surface area (Å²) in [5.74, 6) is 2.33. The summed E-state index contributed by atoms with van der Waals surface area (Å²) >= 11 is 1.85. The molecule has 0 spiro atoms. The molecule has 34 heavy (non-hydrogen) atoms. The number of carbonyl (C=O) groups is 1. The molecule has 5 heteroatoms. The van der Waals surface area contributed by atoms with Gasteiger partial charge >= 0.3 is 0 Å². The van der Waals surface area contributed by atoms with Crippen molar-refractivity contribution in [2.75, 3.05) is 0 Å².